The van der Waals surface area contributed by atoms with Gasteiger partial charge in [-0.1, -0.05) is 15.9 Å². The van der Waals surface area contributed by atoms with Gasteiger partial charge < -0.3 is 15.0 Å². The number of hydrogen-bond donors (Lipinski definition) is 1. The number of nitrogens with zero attached hydrogens (tertiary/aromatic N) is 1. The third-order valence-corrected chi connectivity index (χ3v) is 2.74. The summed E-state index contributed by atoms with van der Waals surface area (Å²) >= 11 is 3.46. The maximum Gasteiger partial charge on any atom is 0.142 e. The van der Waals surface area contributed by atoms with Crippen LogP contribution in [0.2, 0.25) is 0 Å². The summed E-state index contributed by atoms with van der Waals surface area (Å²) in [5, 5.41) is 3.13. The van der Waals surface area contributed by atoms with Crippen molar-refractivity contribution in [1.29, 1.82) is 0 Å². The van der Waals surface area contributed by atoms with Gasteiger partial charge >= 0.3 is 0 Å². The van der Waals surface area contributed by atoms with Gasteiger partial charge in [-0.25, -0.2) is 0 Å². The maximum atomic E-state index is 5.32. The van der Waals surface area contributed by atoms with E-state index in [1.165, 1.54) is 0 Å². The lowest BCUT2D eigenvalue weighted by Gasteiger charge is -2.21. The fourth-order valence-electron chi connectivity index (χ4n) is 1.36. The van der Waals surface area contributed by atoms with E-state index in [2.05, 4.69) is 39.3 Å². The first kappa shape index (κ1) is 12.3. The van der Waals surface area contributed by atoms with Gasteiger partial charge in [0.1, 0.15) is 5.75 Å². The number of methoxy groups -OCH3 is 1. The van der Waals surface area contributed by atoms with E-state index in [4.69, 9.17) is 4.74 Å². The molecule has 0 aliphatic carbocycles. The number of likely N-dealkylation sites (N-methyl/N-ethyl adjacent to an activating group) is 2. The van der Waals surface area contributed by atoms with Crippen LogP contribution >= 0.6 is 15.9 Å². The number of hydrogen-bond acceptors (Lipinski definition) is 3. The summed E-state index contributed by atoms with van der Waals surface area (Å²) in [6.45, 7) is 1.90. The van der Waals surface area contributed by atoms with Crippen LogP contribution < -0.4 is 15.0 Å². The molecule has 0 spiro atoms. The van der Waals surface area contributed by atoms with Crippen molar-refractivity contribution < 1.29 is 4.74 Å². The van der Waals surface area contributed by atoms with Crippen molar-refractivity contribution >= 4 is 21.6 Å². The summed E-state index contributed by atoms with van der Waals surface area (Å²) in [4.78, 5) is 2.17. The highest BCUT2D eigenvalue weighted by atomic mass is 79.9. The second kappa shape index (κ2) is 5.98. The molecule has 1 rings (SSSR count). The molecule has 4 heteroatoms. The number of ether oxygens (including phenoxy) is 1. The molecule has 0 unspecified atom stereocenters. The van der Waals surface area contributed by atoms with Gasteiger partial charge in [-0.15, -0.1) is 0 Å². The Morgan fingerprint density at radius 2 is 2.20 bits per heavy atom. The summed E-state index contributed by atoms with van der Waals surface area (Å²) in [5.41, 5.74) is 1.10. The quantitative estimate of drug-likeness (QED) is 0.889. The summed E-state index contributed by atoms with van der Waals surface area (Å²) in [7, 11) is 5.70. The van der Waals surface area contributed by atoms with Crippen LogP contribution in [0.3, 0.4) is 0 Å². The molecule has 1 aromatic rings. The molecule has 3 nitrogen and oxygen atoms in total. The number of rotatable bonds is 5. The maximum absolute atomic E-state index is 5.32. The molecule has 0 fully saturated rings. The normalized spacial score (nSPS) is 10.1. The van der Waals surface area contributed by atoms with E-state index < -0.39 is 0 Å². The minimum Gasteiger partial charge on any atom is -0.495 e. The fraction of sp³-hybridized carbons (Fsp3) is 0.455. The van der Waals surface area contributed by atoms with Crippen molar-refractivity contribution in [1.82, 2.24) is 5.32 Å². The predicted octanol–water partition coefficient (Wildman–Crippen LogP) is 2.11. The molecule has 84 valence electrons. The molecule has 0 saturated heterocycles. The van der Waals surface area contributed by atoms with E-state index in [0.717, 1.165) is 29.0 Å². The SMILES string of the molecule is CNCCN(C)c1cc(Br)ccc1OC. The Hall–Kier alpha value is -0.740. The Balaban J connectivity index is 2.85. The monoisotopic (exact) mass is 272 g/mol. The number of anilines is 1. The Morgan fingerprint density at radius 1 is 1.47 bits per heavy atom. The lowest BCUT2D eigenvalue weighted by molar-refractivity contribution is 0.414. The summed E-state index contributed by atoms with van der Waals surface area (Å²) in [6.07, 6.45) is 0. The third kappa shape index (κ3) is 3.39. The molecule has 0 saturated carbocycles. The van der Waals surface area contributed by atoms with E-state index >= 15 is 0 Å². The van der Waals surface area contributed by atoms with Crippen molar-refractivity contribution in [3.05, 3.63) is 22.7 Å². The number of benzene rings is 1. The molecule has 1 N–H and O–H groups in total. The van der Waals surface area contributed by atoms with E-state index in [1.54, 1.807) is 7.11 Å². The zero-order valence-corrected chi connectivity index (χ0v) is 11.0. The Labute approximate surface area is 99.5 Å². The molecule has 0 aliphatic rings. The van der Waals surface area contributed by atoms with Crippen molar-refractivity contribution in [2.75, 3.05) is 39.2 Å². The zero-order valence-electron chi connectivity index (χ0n) is 9.38. The van der Waals surface area contributed by atoms with Crippen LogP contribution in [0.5, 0.6) is 5.75 Å². The number of nitrogens with one attached hydrogen (secondary N) is 1. The topological polar surface area (TPSA) is 24.5 Å². The predicted molar refractivity (Wildman–Crippen MR) is 67.9 cm³/mol. The second-order valence-corrected chi connectivity index (χ2v) is 4.26. The largest absolute Gasteiger partial charge is 0.495 e. The van der Waals surface area contributed by atoms with Crippen LogP contribution in [-0.2, 0) is 0 Å². The molecule has 0 heterocycles. The van der Waals surface area contributed by atoms with Crippen LogP contribution in [-0.4, -0.2) is 34.3 Å². The highest BCUT2D eigenvalue weighted by molar-refractivity contribution is 9.10. The van der Waals surface area contributed by atoms with Gasteiger partial charge in [0.15, 0.2) is 0 Å². The minimum absolute atomic E-state index is 0.900. The van der Waals surface area contributed by atoms with Crippen molar-refractivity contribution in [2.24, 2.45) is 0 Å². The van der Waals surface area contributed by atoms with Gasteiger partial charge in [-0.3, -0.25) is 0 Å². The number of halogens is 1. The van der Waals surface area contributed by atoms with Crippen LogP contribution in [0, 0.1) is 0 Å². The van der Waals surface area contributed by atoms with Crippen LogP contribution in [0.1, 0.15) is 0 Å². The highest BCUT2D eigenvalue weighted by Gasteiger charge is 2.07. The van der Waals surface area contributed by atoms with E-state index in [9.17, 15) is 0 Å². The second-order valence-electron chi connectivity index (χ2n) is 3.34. The van der Waals surface area contributed by atoms with Gasteiger partial charge in [-0.2, -0.15) is 0 Å². The van der Waals surface area contributed by atoms with Crippen LogP contribution in [0.25, 0.3) is 0 Å². The molecule has 0 radical (unpaired) electrons. The molecule has 0 amide bonds. The average Bonchev–Trinajstić information content (AvgIpc) is 2.25. The van der Waals surface area contributed by atoms with E-state index in [1.807, 2.05) is 19.2 Å². The first-order chi connectivity index (χ1) is 7.19. The van der Waals surface area contributed by atoms with E-state index in [-0.39, 0.29) is 0 Å². The van der Waals surface area contributed by atoms with E-state index in [0.29, 0.717) is 0 Å². The van der Waals surface area contributed by atoms with Crippen molar-refractivity contribution in [2.45, 2.75) is 0 Å². The minimum atomic E-state index is 0.900. The fourth-order valence-corrected chi connectivity index (χ4v) is 1.71. The molecule has 0 atom stereocenters. The van der Waals surface area contributed by atoms with Crippen molar-refractivity contribution in [3.63, 3.8) is 0 Å². The van der Waals surface area contributed by atoms with Crippen LogP contribution in [0.15, 0.2) is 22.7 Å². The Morgan fingerprint density at radius 3 is 2.80 bits per heavy atom. The standard InChI is InChI=1S/C11H17BrN2O/c1-13-6-7-14(2)10-8-9(12)4-5-11(10)15-3/h4-5,8,13H,6-7H2,1-3H3. The molecular formula is C11H17BrN2O. The molecule has 15 heavy (non-hydrogen) atoms. The summed E-state index contributed by atoms with van der Waals surface area (Å²) < 4.78 is 6.38. The Bertz CT molecular complexity index is 317. The van der Waals surface area contributed by atoms with Crippen LogP contribution in [0.4, 0.5) is 5.69 Å². The molecule has 0 aromatic heterocycles. The first-order valence-corrected chi connectivity index (χ1v) is 5.67. The van der Waals surface area contributed by atoms with Gasteiger partial charge in [0, 0.05) is 24.6 Å². The highest BCUT2D eigenvalue weighted by Crippen LogP contribution is 2.30. The van der Waals surface area contributed by atoms with Gasteiger partial charge in [0.2, 0.25) is 0 Å². The van der Waals surface area contributed by atoms with Gasteiger partial charge in [0.05, 0.1) is 12.8 Å². The van der Waals surface area contributed by atoms with Gasteiger partial charge in [0.25, 0.3) is 0 Å². The average molecular weight is 273 g/mol. The van der Waals surface area contributed by atoms with Crippen molar-refractivity contribution in [3.8, 4) is 5.75 Å². The molecular weight excluding hydrogens is 256 g/mol. The summed E-state index contributed by atoms with van der Waals surface area (Å²) in [6, 6.07) is 6.01. The van der Waals surface area contributed by atoms with Gasteiger partial charge in [-0.05, 0) is 25.2 Å². The molecule has 0 aliphatic heterocycles. The third-order valence-electron chi connectivity index (χ3n) is 2.25. The molecule has 1 aromatic carbocycles. The molecule has 0 bridgehead atoms. The lowest BCUT2D eigenvalue weighted by Crippen LogP contribution is -2.27. The Kier molecular flexibility index (Phi) is 4.91. The smallest absolute Gasteiger partial charge is 0.142 e. The first-order valence-electron chi connectivity index (χ1n) is 4.88. The lowest BCUT2D eigenvalue weighted by atomic mass is 10.2. The summed E-state index contributed by atoms with van der Waals surface area (Å²) in [5.74, 6) is 0.900. The zero-order chi connectivity index (χ0) is 11.3.